The van der Waals surface area contributed by atoms with Gasteiger partial charge in [0.25, 0.3) is 0 Å². The highest BCUT2D eigenvalue weighted by Gasteiger charge is 2.38. The van der Waals surface area contributed by atoms with Crippen LogP contribution in [0.15, 0.2) is 91.0 Å². The molecule has 7 nitrogen and oxygen atoms in total. The van der Waals surface area contributed by atoms with E-state index < -0.39 is 24.2 Å². The Morgan fingerprint density at radius 1 is 0.677 bits per heavy atom. The van der Waals surface area contributed by atoms with E-state index in [0.29, 0.717) is 16.0 Å². The summed E-state index contributed by atoms with van der Waals surface area (Å²) < 4.78 is 10.5. The smallest absolute Gasteiger partial charge is 0.420 e. The van der Waals surface area contributed by atoms with Crippen molar-refractivity contribution in [2.45, 2.75) is 19.3 Å². The average Bonchev–Trinajstić information content (AvgIpc) is 2.81. The molecule has 0 aliphatic rings. The molecule has 2 amide bonds. The van der Waals surface area contributed by atoms with Gasteiger partial charge in [-0.3, -0.25) is 0 Å². The first-order valence-corrected chi connectivity index (χ1v) is 9.54. The largest absolute Gasteiger partial charge is 0.479 e. The maximum Gasteiger partial charge on any atom is 0.420 e. The number of carbonyl (C=O) groups excluding carboxylic acids is 2. The zero-order valence-electron chi connectivity index (χ0n) is 16.6. The number of imide groups is 1. The van der Waals surface area contributed by atoms with Crippen molar-refractivity contribution in [3.63, 3.8) is 0 Å². The molecule has 0 fully saturated rings. The molecule has 0 unspecified atom stereocenters. The fraction of sp³-hybridized carbons (Fsp3) is 0.125. The zero-order valence-corrected chi connectivity index (χ0v) is 16.6. The van der Waals surface area contributed by atoms with Crippen LogP contribution in [0.5, 0.6) is 0 Å². The highest BCUT2D eigenvalue weighted by molar-refractivity contribution is 5.94. The highest BCUT2D eigenvalue weighted by atomic mass is 16.6. The van der Waals surface area contributed by atoms with Crippen molar-refractivity contribution in [1.82, 2.24) is 4.90 Å². The lowest BCUT2D eigenvalue weighted by atomic mass is 10.1. The molecule has 1 N–H and O–H groups in total. The van der Waals surface area contributed by atoms with Gasteiger partial charge in [0.05, 0.1) is 0 Å². The fourth-order valence-electron chi connectivity index (χ4n) is 2.90. The molecular formula is C24H21NO6. The Bertz CT molecular complexity index is 953. The summed E-state index contributed by atoms with van der Waals surface area (Å²) in [6.45, 7) is -0.244. The van der Waals surface area contributed by atoms with Gasteiger partial charge in [-0.05, 0) is 16.7 Å². The second kappa shape index (κ2) is 10.6. The Morgan fingerprint density at radius 2 is 1.06 bits per heavy atom. The van der Waals surface area contributed by atoms with Crippen LogP contribution in [0.2, 0.25) is 0 Å². The Hall–Kier alpha value is -4.13. The molecule has 0 saturated heterocycles. The van der Waals surface area contributed by atoms with E-state index in [1.807, 2.05) is 12.1 Å². The molecule has 3 aromatic rings. The van der Waals surface area contributed by atoms with E-state index in [1.54, 1.807) is 66.7 Å². The van der Waals surface area contributed by atoms with Gasteiger partial charge in [0, 0.05) is 0 Å². The van der Waals surface area contributed by atoms with Crippen molar-refractivity contribution in [3.8, 4) is 0 Å². The van der Waals surface area contributed by atoms with Crippen molar-refractivity contribution >= 4 is 18.2 Å². The van der Waals surface area contributed by atoms with Crippen LogP contribution in [0.3, 0.4) is 0 Å². The van der Waals surface area contributed by atoms with Gasteiger partial charge >= 0.3 is 18.2 Å². The van der Waals surface area contributed by atoms with Gasteiger partial charge in [-0.2, -0.15) is 4.90 Å². The molecule has 31 heavy (non-hydrogen) atoms. The van der Waals surface area contributed by atoms with Gasteiger partial charge in [-0.25, -0.2) is 14.4 Å². The third-order valence-electron chi connectivity index (χ3n) is 4.41. The van der Waals surface area contributed by atoms with Crippen molar-refractivity contribution in [2.75, 3.05) is 0 Å². The Kier molecular flexibility index (Phi) is 7.37. The van der Waals surface area contributed by atoms with Crippen molar-refractivity contribution in [2.24, 2.45) is 0 Å². The summed E-state index contributed by atoms with van der Waals surface area (Å²) in [5.41, 5.74) is 1.63. The normalized spacial score (nSPS) is 11.2. The van der Waals surface area contributed by atoms with Crippen LogP contribution in [0.1, 0.15) is 22.7 Å². The van der Waals surface area contributed by atoms with Crippen molar-refractivity contribution in [1.29, 1.82) is 0 Å². The number of amides is 2. The molecule has 158 valence electrons. The van der Waals surface area contributed by atoms with Gasteiger partial charge in [0.2, 0.25) is 0 Å². The number of carboxylic acids is 1. The van der Waals surface area contributed by atoms with E-state index >= 15 is 0 Å². The molecule has 0 spiro atoms. The van der Waals surface area contributed by atoms with E-state index in [9.17, 15) is 19.5 Å². The van der Waals surface area contributed by atoms with Gasteiger partial charge in [0.15, 0.2) is 6.04 Å². The maximum atomic E-state index is 12.8. The predicted molar refractivity (Wildman–Crippen MR) is 112 cm³/mol. The number of carbonyl (C=O) groups is 3. The summed E-state index contributed by atoms with van der Waals surface area (Å²) >= 11 is 0. The van der Waals surface area contributed by atoms with E-state index in [4.69, 9.17) is 9.47 Å². The van der Waals surface area contributed by atoms with Gasteiger partial charge in [0.1, 0.15) is 13.2 Å². The van der Waals surface area contributed by atoms with Crippen LogP contribution in [0.4, 0.5) is 9.59 Å². The highest BCUT2D eigenvalue weighted by Crippen LogP contribution is 2.24. The molecule has 0 aliphatic heterocycles. The molecule has 3 rings (SSSR count). The lowest BCUT2D eigenvalue weighted by Crippen LogP contribution is -2.43. The van der Waals surface area contributed by atoms with Crippen LogP contribution in [0, 0.1) is 0 Å². The number of carboxylic acid groups (broad SMARTS) is 1. The number of nitrogens with zero attached hydrogens (tertiary/aromatic N) is 1. The van der Waals surface area contributed by atoms with E-state index in [2.05, 4.69) is 0 Å². The number of hydrogen-bond acceptors (Lipinski definition) is 5. The molecular weight excluding hydrogens is 398 g/mol. The third-order valence-corrected chi connectivity index (χ3v) is 4.41. The second-order valence-corrected chi connectivity index (χ2v) is 6.60. The quantitative estimate of drug-likeness (QED) is 0.592. The first-order valence-electron chi connectivity index (χ1n) is 9.54. The summed E-state index contributed by atoms with van der Waals surface area (Å²) in [5.74, 6) is -1.39. The Labute approximate surface area is 179 Å². The number of ether oxygens (including phenoxy) is 2. The summed E-state index contributed by atoms with van der Waals surface area (Å²) in [6, 6.07) is 24.1. The molecule has 0 heterocycles. The molecule has 0 bridgehead atoms. The monoisotopic (exact) mass is 419 g/mol. The minimum absolute atomic E-state index is 0.122. The first kappa shape index (κ1) is 21.6. The van der Waals surface area contributed by atoms with E-state index in [-0.39, 0.29) is 18.8 Å². The van der Waals surface area contributed by atoms with Crippen molar-refractivity contribution in [3.05, 3.63) is 108 Å². The molecule has 0 aromatic heterocycles. The topological polar surface area (TPSA) is 93.1 Å². The lowest BCUT2D eigenvalue weighted by Gasteiger charge is -2.26. The number of benzene rings is 3. The standard InChI is InChI=1S/C24H21NO6/c26-22(27)21(20-14-8-3-9-15-20)25(23(28)30-16-18-10-4-1-5-11-18)24(29)31-17-19-12-6-2-7-13-19/h1-15,21H,16-17H2,(H,26,27)/t21-/m0/s1. The van der Waals surface area contributed by atoms with Gasteiger partial charge < -0.3 is 14.6 Å². The van der Waals surface area contributed by atoms with Gasteiger partial charge in [-0.1, -0.05) is 91.0 Å². The summed E-state index contributed by atoms with van der Waals surface area (Å²) in [7, 11) is 0. The first-order chi connectivity index (χ1) is 15.1. The van der Waals surface area contributed by atoms with Crippen LogP contribution in [-0.4, -0.2) is 28.2 Å². The van der Waals surface area contributed by atoms with Crippen LogP contribution >= 0.6 is 0 Å². The zero-order chi connectivity index (χ0) is 22.1. The van der Waals surface area contributed by atoms with E-state index in [1.165, 1.54) is 12.1 Å². The summed E-state index contributed by atoms with van der Waals surface area (Å²) in [4.78, 5) is 38.2. The van der Waals surface area contributed by atoms with Gasteiger partial charge in [-0.15, -0.1) is 0 Å². The molecule has 0 aliphatic carbocycles. The van der Waals surface area contributed by atoms with Crippen molar-refractivity contribution < 1.29 is 29.0 Å². The molecule has 0 radical (unpaired) electrons. The van der Waals surface area contributed by atoms with Crippen LogP contribution < -0.4 is 0 Å². The summed E-state index contributed by atoms with van der Waals surface area (Å²) in [5, 5.41) is 9.81. The third kappa shape index (κ3) is 5.93. The molecule has 1 atom stereocenters. The predicted octanol–water partition coefficient (Wildman–Crippen LogP) is 4.79. The fourth-order valence-corrected chi connectivity index (χ4v) is 2.90. The van der Waals surface area contributed by atoms with Crippen LogP contribution in [0.25, 0.3) is 0 Å². The SMILES string of the molecule is O=C(O)[C@H](c1ccccc1)N(C(=O)OCc1ccccc1)C(=O)OCc1ccccc1. The molecule has 3 aromatic carbocycles. The average molecular weight is 419 g/mol. The van der Waals surface area contributed by atoms with Crippen LogP contribution in [-0.2, 0) is 27.5 Å². The molecule has 7 heteroatoms. The minimum atomic E-state index is -1.60. The minimum Gasteiger partial charge on any atom is -0.479 e. The Balaban J connectivity index is 1.83. The Morgan fingerprint density at radius 3 is 1.45 bits per heavy atom. The second-order valence-electron chi connectivity index (χ2n) is 6.60. The number of rotatable bonds is 7. The number of hydrogen-bond donors (Lipinski definition) is 1. The summed E-state index contributed by atoms with van der Waals surface area (Å²) in [6.07, 6.45) is -2.23. The number of aliphatic carboxylic acids is 1. The lowest BCUT2D eigenvalue weighted by molar-refractivity contribution is -0.142. The van der Waals surface area contributed by atoms with E-state index in [0.717, 1.165) is 0 Å². The molecule has 0 saturated carbocycles. The maximum absolute atomic E-state index is 12.8.